The number of aryl methyl sites for hydroxylation is 1. The summed E-state index contributed by atoms with van der Waals surface area (Å²) >= 11 is 0. The van der Waals surface area contributed by atoms with Crippen LogP contribution in [0.1, 0.15) is 66.4 Å². The molecule has 1 N–H and O–H groups in total. The maximum Gasteiger partial charge on any atom is 0.158 e. The van der Waals surface area contributed by atoms with Crippen LogP contribution in [0.2, 0.25) is 0 Å². The maximum absolute atomic E-state index is 15.6. The number of halogens is 1. The van der Waals surface area contributed by atoms with Gasteiger partial charge >= 0.3 is 0 Å². The van der Waals surface area contributed by atoms with Crippen LogP contribution in [-0.4, -0.2) is 31.2 Å². The third-order valence-electron chi connectivity index (χ3n) is 7.26. The van der Waals surface area contributed by atoms with E-state index in [-0.39, 0.29) is 5.69 Å². The van der Waals surface area contributed by atoms with Gasteiger partial charge in [-0.15, -0.1) is 0 Å². The van der Waals surface area contributed by atoms with Gasteiger partial charge in [0, 0.05) is 18.3 Å². The number of hydrogen-bond acceptors (Lipinski definition) is 7. The third-order valence-corrected chi connectivity index (χ3v) is 7.26. The summed E-state index contributed by atoms with van der Waals surface area (Å²) in [7, 11) is 0. The number of benzene rings is 1. The quantitative estimate of drug-likeness (QED) is 0.199. The van der Waals surface area contributed by atoms with Gasteiger partial charge in [0.2, 0.25) is 0 Å². The van der Waals surface area contributed by atoms with Crippen LogP contribution in [0.5, 0.6) is 11.5 Å². The molecule has 3 heterocycles. The zero-order chi connectivity index (χ0) is 30.2. The van der Waals surface area contributed by atoms with E-state index in [1.165, 1.54) is 18.7 Å². The molecule has 3 aromatic heterocycles. The highest BCUT2D eigenvalue weighted by Crippen LogP contribution is 2.31. The van der Waals surface area contributed by atoms with Gasteiger partial charge in [-0.05, 0) is 68.7 Å². The lowest BCUT2D eigenvalue weighted by molar-refractivity contribution is 0.203. The van der Waals surface area contributed by atoms with Crippen molar-refractivity contribution in [2.75, 3.05) is 11.9 Å². The van der Waals surface area contributed by atoms with Crippen LogP contribution in [0, 0.1) is 24.6 Å². The number of pyridine rings is 1. The number of ether oxygens (including phenoxy) is 2. The van der Waals surface area contributed by atoms with Crippen molar-refractivity contribution in [2.24, 2.45) is 11.8 Å². The third kappa shape index (κ3) is 7.32. The zero-order valence-corrected chi connectivity index (χ0v) is 25.6. The van der Waals surface area contributed by atoms with Crippen molar-refractivity contribution in [3.63, 3.8) is 0 Å². The number of hydrogen-bond donors (Lipinski definition) is 1. The molecule has 0 fully saturated rings. The van der Waals surface area contributed by atoms with E-state index in [0.717, 1.165) is 30.4 Å². The van der Waals surface area contributed by atoms with Gasteiger partial charge in [0.1, 0.15) is 41.5 Å². The second kappa shape index (κ2) is 14.1. The molecule has 0 aliphatic carbocycles. The number of fused-ring (bicyclic) bond motifs is 1. The molecule has 0 amide bonds. The van der Waals surface area contributed by atoms with Crippen molar-refractivity contribution in [1.29, 1.82) is 0 Å². The molecule has 4 aromatic rings. The fourth-order valence-electron chi connectivity index (χ4n) is 4.85. The molecule has 8 nitrogen and oxygen atoms in total. The second-order valence-corrected chi connectivity index (χ2v) is 10.8. The first-order valence-corrected chi connectivity index (χ1v) is 14.6. The first-order chi connectivity index (χ1) is 20.2. The van der Waals surface area contributed by atoms with Gasteiger partial charge < -0.3 is 14.8 Å². The van der Waals surface area contributed by atoms with Crippen molar-refractivity contribution >= 4 is 29.0 Å². The molecule has 0 radical (unpaired) electrons. The number of allylic oxidation sites excluding steroid dienone is 1. The topological polar surface area (TPSA) is 86.5 Å². The highest BCUT2D eigenvalue weighted by molar-refractivity contribution is 5.67. The summed E-state index contributed by atoms with van der Waals surface area (Å²) in [6, 6.07) is 6.60. The van der Waals surface area contributed by atoms with Crippen molar-refractivity contribution in [1.82, 2.24) is 24.6 Å². The minimum Gasteiger partial charge on any atom is -0.492 e. The molecule has 0 saturated heterocycles. The first-order valence-electron chi connectivity index (χ1n) is 14.6. The van der Waals surface area contributed by atoms with Gasteiger partial charge in [-0.3, -0.25) is 0 Å². The number of rotatable bonds is 12. The average molecular weight is 573 g/mol. The highest BCUT2D eigenvalue weighted by atomic mass is 19.1. The standard InChI is InChI=1S/C33H41FN6O2/c1-8-11-23(6)32(41-18-22(5)14-21(4)9-2)31-27(10-3)35-19-37-33(31)39-28-15-24(7)29(17-26(28)34)42-25-12-13-40-30(16-25)36-20-38-40/h10-13,15-17,19-22H,8-9,14,18H2,1-7H3,(H,35,37,39)/b23-11+,27-10+,32-31-. The number of nitrogens with zero attached hydrogens (tertiary/aromatic N) is 5. The van der Waals surface area contributed by atoms with Crippen molar-refractivity contribution in [3.8, 4) is 11.5 Å². The lowest BCUT2D eigenvalue weighted by atomic mass is 9.96. The first kappa shape index (κ1) is 30.7. The van der Waals surface area contributed by atoms with E-state index in [2.05, 4.69) is 59.1 Å². The van der Waals surface area contributed by atoms with Gasteiger partial charge in [-0.1, -0.05) is 46.3 Å². The predicted molar refractivity (Wildman–Crippen MR) is 166 cm³/mol. The van der Waals surface area contributed by atoms with Crippen LogP contribution >= 0.6 is 0 Å². The molecule has 9 heteroatoms. The van der Waals surface area contributed by atoms with Crippen LogP contribution in [-0.2, 0) is 4.74 Å². The molecule has 0 bridgehead atoms. The summed E-state index contributed by atoms with van der Waals surface area (Å²) in [5.74, 6) is 2.63. The Balaban J connectivity index is 1.71. The Kier molecular flexibility index (Phi) is 10.3. The minimum absolute atomic E-state index is 0.274. The molecule has 42 heavy (non-hydrogen) atoms. The monoisotopic (exact) mass is 572 g/mol. The fraction of sp³-hybridized carbons (Fsp3) is 0.394. The lowest BCUT2D eigenvalue weighted by Gasteiger charge is -2.19. The Morgan fingerprint density at radius 1 is 1.10 bits per heavy atom. The summed E-state index contributed by atoms with van der Waals surface area (Å²) < 4.78 is 29.7. The summed E-state index contributed by atoms with van der Waals surface area (Å²) in [4.78, 5) is 13.2. The van der Waals surface area contributed by atoms with E-state index in [9.17, 15) is 0 Å². The Bertz CT molecular complexity index is 1680. The Hall–Kier alpha value is -4.27. The Labute approximate surface area is 247 Å². The zero-order valence-electron chi connectivity index (χ0n) is 25.6. The van der Waals surface area contributed by atoms with E-state index < -0.39 is 5.82 Å². The van der Waals surface area contributed by atoms with Crippen LogP contribution in [0.3, 0.4) is 0 Å². The van der Waals surface area contributed by atoms with Crippen molar-refractivity contribution in [2.45, 2.75) is 67.7 Å². The highest BCUT2D eigenvalue weighted by Gasteiger charge is 2.16. The number of nitrogens with one attached hydrogen (secondary N) is 1. The molecule has 2 atom stereocenters. The van der Waals surface area contributed by atoms with Gasteiger partial charge in [-0.25, -0.2) is 23.9 Å². The molecule has 0 aliphatic heterocycles. The van der Waals surface area contributed by atoms with E-state index in [1.807, 2.05) is 26.8 Å². The molecule has 0 saturated carbocycles. The van der Waals surface area contributed by atoms with Crippen molar-refractivity contribution < 1.29 is 13.9 Å². The summed E-state index contributed by atoms with van der Waals surface area (Å²) in [6.07, 6.45) is 11.8. The SMILES string of the molecule is C/C=c1/ncnc(Nc2cc(C)c(Oc3ccn4ncnc4c3)cc2F)/c1=C(OCC(C)CC(C)CC)/C(C)=C/CC. The molecule has 0 aliphatic rings. The van der Waals surface area contributed by atoms with Crippen LogP contribution in [0.25, 0.3) is 17.5 Å². The molecular weight excluding hydrogens is 531 g/mol. The molecule has 0 spiro atoms. The maximum atomic E-state index is 15.6. The normalized spacial score (nSPS) is 14.6. The summed E-state index contributed by atoms with van der Waals surface area (Å²) in [6.45, 7) is 15.2. The van der Waals surface area contributed by atoms with E-state index in [4.69, 9.17) is 9.47 Å². The average Bonchev–Trinajstić information content (AvgIpc) is 3.44. The predicted octanol–water partition coefficient (Wildman–Crippen LogP) is 6.86. The molecule has 4 rings (SSSR count). The van der Waals surface area contributed by atoms with E-state index in [0.29, 0.717) is 57.7 Å². The van der Waals surface area contributed by atoms with Crippen molar-refractivity contribution in [3.05, 3.63) is 76.7 Å². The van der Waals surface area contributed by atoms with Crippen LogP contribution in [0.15, 0.2) is 54.8 Å². The van der Waals surface area contributed by atoms with E-state index >= 15 is 4.39 Å². The smallest absolute Gasteiger partial charge is 0.158 e. The van der Waals surface area contributed by atoms with Gasteiger partial charge in [0.05, 0.1) is 22.9 Å². The van der Waals surface area contributed by atoms with E-state index in [1.54, 1.807) is 28.9 Å². The Morgan fingerprint density at radius 2 is 1.90 bits per heavy atom. The number of aromatic nitrogens is 5. The molecule has 1 aromatic carbocycles. The summed E-state index contributed by atoms with van der Waals surface area (Å²) in [5, 5.41) is 8.73. The molecule has 2 unspecified atom stereocenters. The minimum atomic E-state index is -0.476. The Morgan fingerprint density at radius 3 is 2.64 bits per heavy atom. The van der Waals surface area contributed by atoms with Crippen LogP contribution in [0.4, 0.5) is 15.9 Å². The second-order valence-electron chi connectivity index (χ2n) is 10.8. The summed E-state index contributed by atoms with van der Waals surface area (Å²) in [5.41, 5.74) is 2.65. The molecule has 222 valence electrons. The van der Waals surface area contributed by atoms with Gasteiger partial charge in [0.15, 0.2) is 5.65 Å². The largest absolute Gasteiger partial charge is 0.492 e. The van der Waals surface area contributed by atoms with Crippen LogP contribution < -0.4 is 20.6 Å². The van der Waals surface area contributed by atoms with Gasteiger partial charge in [0.25, 0.3) is 0 Å². The van der Waals surface area contributed by atoms with Gasteiger partial charge in [-0.2, -0.15) is 5.10 Å². The lowest BCUT2D eigenvalue weighted by Crippen LogP contribution is -2.35. The number of anilines is 2. The fourth-order valence-corrected chi connectivity index (χ4v) is 4.85. The molecular formula is C33H41FN6O2.